The zero-order valence-electron chi connectivity index (χ0n) is 10.2. The minimum atomic E-state index is -0.361. The van der Waals surface area contributed by atoms with E-state index in [1.54, 1.807) is 6.07 Å². The van der Waals surface area contributed by atoms with E-state index in [1.807, 2.05) is 5.38 Å². The number of hydrogen-bond donors (Lipinski definition) is 2. The molecule has 0 radical (unpaired) electrons. The molecule has 8 nitrogen and oxygen atoms in total. The van der Waals surface area contributed by atoms with E-state index in [0.717, 1.165) is 4.83 Å². The molecule has 3 aromatic rings. The van der Waals surface area contributed by atoms with Gasteiger partial charge in [0, 0.05) is 13.1 Å². The van der Waals surface area contributed by atoms with Gasteiger partial charge in [0.05, 0.1) is 11.7 Å². The van der Waals surface area contributed by atoms with E-state index in [-0.39, 0.29) is 17.3 Å². The highest BCUT2D eigenvalue weighted by molar-refractivity contribution is 7.16. The lowest BCUT2D eigenvalue weighted by Crippen LogP contribution is -2.31. The molecule has 0 saturated heterocycles. The Balaban J connectivity index is 1.67. The number of thiophene rings is 1. The molecule has 0 fully saturated rings. The van der Waals surface area contributed by atoms with Crippen LogP contribution in [0.15, 0.2) is 28.9 Å². The fourth-order valence-electron chi connectivity index (χ4n) is 1.74. The lowest BCUT2D eigenvalue weighted by atomic mass is 10.4. The Labute approximate surface area is 116 Å². The largest absolute Gasteiger partial charge is 0.348 e. The number of hydrogen-bond acceptors (Lipinski definition) is 6. The van der Waals surface area contributed by atoms with Crippen molar-refractivity contribution >= 4 is 27.5 Å². The predicted octanol–water partition coefficient (Wildman–Crippen LogP) is 0.00610. The van der Waals surface area contributed by atoms with Crippen LogP contribution in [0.2, 0.25) is 0 Å². The number of fused-ring (bicyclic) bond motifs is 1. The van der Waals surface area contributed by atoms with Gasteiger partial charge in [0.2, 0.25) is 5.82 Å². The zero-order valence-corrected chi connectivity index (χ0v) is 11.1. The van der Waals surface area contributed by atoms with E-state index < -0.39 is 0 Å². The molecule has 0 saturated carbocycles. The van der Waals surface area contributed by atoms with Crippen LogP contribution in [-0.2, 0) is 6.54 Å². The first-order valence-corrected chi connectivity index (χ1v) is 6.70. The van der Waals surface area contributed by atoms with Gasteiger partial charge in [0.1, 0.15) is 11.2 Å². The average Bonchev–Trinajstić information content (AvgIpc) is 3.11. The number of nitrogens with zero attached hydrogens (tertiary/aromatic N) is 4. The number of carbonyl (C=O) groups excluding carboxylic acids is 1. The fraction of sp³-hybridized carbons (Fsp3) is 0.182. The van der Waals surface area contributed by atoms with Gasteiger partial charge in [-0.25, -0.2) is 9.97 Å². The van der Waals surface area contributed by atoms with Crippen molar-refractivity contribution in [3.63, 3.8) is 0 Å². The number of rotatable bonds is 4. The number of nitrogens with one attached hydrogen (secondary N) is 2. The third kappa shape index (κ3) is 2.30. The van der Waals surface area contributed by atoms with Crippen molar-refractivity contribution in [2.75, 3.05) is 6.54 Å². The summed E-state index contributed by atoms with van der Waals surface area (Å²) in [5.74, 6) is -0.219. The van der Waals surface area contributed by atoms with Gasteiger partial charge in [-0.15, -0.1) is 11.3 Å². The third-order valence-electron chi connectivity index (χ3n) is 2.72. The number of aromatic amines is 1. The summed E-state index contributed by atoms with van der Waals surface area (Å²) in [4.78, 5) is 32.3. The van der Waals surface area contributed by atoms with E-state index in [0.29, 0.717) is 18.5 Å². The Morgan fingerprint density at radius 2 is 2.35 bits per heavy atom. The Bertz CT molecular complexity index is 791. The zero-order chi connectivity index (χ0) is 13.9. The van der Waals surface area contributed by atoms with Gasteiger partial charge in [0.25, 0.3) is 11.5 Å². The Morgan fingerprint density at radius 3 is 3.15 bits per heavy atom. The van der Waals surface area contributed by atoms with Gasteiger partial charge in [-0.05, 0) is 11.4 Å². The third-order valence-corrected chi connectivity index (χ3v) is 3.54. The molecule has 102 valence electrons. The Morgan fingerprint density at radius 1 is 1.45 bits per heavy atom. The second-order valence-electron chi connectivity index (χ2n) is 3.97. The van der Waals surface area contributed by atoms with Crippen LogP contribution in [0.5, 0.6) is 0 Å². The topological polar surface area (TPSA) is 106 Å². The molecule has 1 amide bonds. The molecule has 0 aromatic carbocycles. The molecule has 0 atom stereocenters. The number of aromatic nitrogens is 5. The van der Waals surface area contributed by atoms with Crippen molar-refractivity contribution in [1.82, 2.24) is 30.0 Å². The average molecular weight is 290 g/mol. The lowest BCUT2D eigenvalue weighted by Gasteiger charge is -2.05. The van der Waals surface area contributed by atoms with Gasteiger partial charge >= 0.3 is 0 Å². The monoisotopic (exact) mass is 290 g/mol. The summed E-state index contributed by atoms with van der Waals surface area (Å²) in [5, 5.41) is 11.1. The van der Waals surface area contributed by atoms with E-state index in [1.165, 1.54) is 28.6 Å². The van der Waals surface area contributed by atoms with Gasteiger partial charge < -0.3 is 5.32 Å². The van der Waals surface area contributed by atoms with Crippen molar-refractivity contribution in [1.29, 1.82) is 0 Å². The Kier molecular flexibility index (Phi) is 3.25. The number of amides is 1. The first-order valence-electron chi connectivity index (χ1n) is 5.82. The molecular formula is C11H10N6O2S. The van der Waals surface area contributed by atoms with Gasteiger partial charge in [-0.1, -0.05) is 0 Å². The van der Waals surface area contributed by atoms with Gasteiger partial charge in [-0.3, -0.25) is 19.3 Å². The van der Waals surface area contributed by atoms with Crippen LogP contribution in [0.3, 0.4) is 0 Å². The maximum atomic E-state index is 12.1. The number of carbonyl (C=O) groups is 1. The molecule has 0 unspecified atom stereocenters. The van der Waals surface area contributed by atoms with Crippen molar-refractivity contribution < 1.29 is 4.79 Å². The lowest BCUT2D eigenvalue weighted by molar-refractivity contribution is 0.0942. The molecule has 3 heterocycles. The van der Waals surface area contributed by atoms with E-state index >= 15 is 0 Å². The molecule has 0 aliphatic carbocycles. The van der Waals surface area contributed by atoms with Crippen molar-refractivity contribution in [2.45, 2.75) is 6.54 Å². The summed E-state index contributed by atoms with van der Waals surface area (Å²) >= 11 is 1.42. The summed E-state index contributed by atoms with van der Waals surface area (Å²) in [7, 11) is 0. The summed E-state index contributed by atoms with van der Waals surface area (Å²) in [6.45, 7) is 0.647. The second-order valence-corrected chi connectivity index (χ2v) is 4.87. The van der Waals surface area contributed by atoms with Crippen LogP contribution in [0.1, 0.15) is 10.6 Å². The Hall–Kier alpha value is -2.55. The van der Waals surface area contributed by atoms with E-state index in [4.69, 9.17) is 0 Å². The van der Waals surface area contributed by atoms with Crippen LogP contribution in [0.4, 0.5) is 0 Å². The minimum absolute atomic E-state index is 0.106. The van der Waals surface area contributed by atoms with Crippen molar-refractivity contribution in [3.05, 3.63) is 40.3 Å². The molecule has 2 N–H and O–H groups in total. The normalized spacial score (nSPS) is 10.8. The quantitative estimate of drug-likeness (QED) is 0.704. The SMILES string of the molecule is O=C(NCCn1cnc2sccc2c1=O)c1ncn[nH]1. The predicted molar refractivity (Wildman–Crippen MR) is 72.6 cm³/mol. The maximum Gasteiger partial charge on any atom is 0.288 e. The second kappa shape index (κ2) is 5.21. The number of H-pyrrole nitrogens is 1. The fourth-order valence-corrected chi connectivity index (χ4v) is 2.46. The molecular weight excluding hydrogens is 280 g/mol. The summed E-state index contributed by atoms with van der Waals surface area (Å²) in [5.41, 5.74) is -0.106. The minimum Gasteiger partial charge on any atom is -0.348 e. The molecule has 0 aliphatic heterocycles. The van der Waals surface area contributed by atoms with E-state index in [9.17, 15) is 9.59 Å². The van der Waals surface area contributed by atoms with Gasteiger partial charge in [0.15, 0.2) is 0 Å². The van der Waals surface area contributed by atoms with Crippen molar-refractivity contribution in [2.24, 2.45) is 0 Å². The molecule has 0 aliphatic rings. The first-order chi connectivity index (χ1) is 9.75. The van der Waals surface area contributed by atoms with Crippen LogP contribution in [-0.4, -0.2) is 37.2 Å². The van der Waals surface area contributed by atoms with Crippen molar-refractivity contribution in [3.8, 4) is 0 Å². The van der Waals surface area contributed by atoms with Crippen LogP contribution >= 0.6 is 11.3 Å². The molecule has 0 bridgehead atoms. The smallest absolute Gasteiger partial charge is 0.288 e. The highest BCUT2D eigenvalue weighted by Gasteiger charge is 2.08. The first kappa shape index (κ1) is 12.5. The van der Waals surface area contributed by atoms with Crippen LogP contribution in [0, 0.1) is 0 Å². The summed E-state index contributed by atoms with van der Waals surface area (Å²) < 4.78 is 1.47. The van der Waals surface area contributed by atoms with Crippen LogP contribution < -0.4 is 10.9 Å². The standard InChI is InChI=1S/C11H10N6O2S/c18-9(8-13-5-15-16-8)12-2-3-17-6-14-10-7(11(17)19)1-4-20-10/h1,4-6H,2-3H2,(H,12,18)(H,13,15,16). The highest BCUT2D eigenvalue weighted by atomic mass is 32.1. The highest BCUT2D eigenvalue weighted by Crippen LogP contribution is 2.12. The van der Waals surface area contributed by atoms with Crippen LogP contribution in [0.25, 0.3) is 10.2 Å². The van der Waals surface area contributed by atoms with E-state index in [2.05, 4.69) is 25.5 Å². The molecule has 0 spiro atoms. The molecule has 20 heavy (non-hydrogen) atoms. The molecule has 9 heteroatoms. The molecule has 3 aromatic heterocycles. The van der Waals surface area contributed by atoms with Gasteiger partial charge in [-0.2, -0.15) is 5.10 Å². The summed E-state index contributed by atoms with van der Waals surface area (Å²) in [6, 6.07) is 1.75. The summed E-state index contributed by atoms with van der Waals surface area (Å²) in [6.07, 6.45) is 2.75. The molecule has 3 rings (SSSR count). The maximum absolute atomic E-state index is 12.1.